The maximum Gasteiger partial charge on any atom is 0.118 e. The average molecular weight is 417 g/mol. The number of phenols is 1. The summed E-state index contributed by atoms with van der Waals surface area (Å²) < 4.78 is 0. The molecular formula is C15H26OPt. The molecule has 0 aliphatic carbocycles. The van der Waals surface area contributed by atoms with Gasteiger partial charge in [0.1, 0.15) is 5.75 Å². The summed E-state index contributed by atoms with van der Waals surface area (Å²) in [6.45, 7) is 4.17. The summed E-state index contributed by atoms with van der Waals surface area (Å²) >= 11 is 0. The van der Waals surface area contributed by atoms with Gasteiger partial charge in [-0.15, -0.1) is 0 Å². The summed E-state index contributed by atoms with van der Waals surface area (Å²) in [5, 5.41) is 9.54. The predicted molar refractivity (Wildman–Crippen MR) is 72.0 cm³/mol. The molecule has 0 fully saturated rings. The fourth-order valence-electron chi connectivity index (χ4n) is 1.74. The first kappa shape index (κ1) is 19.1. The van der Waals surface area contributed by atoms with Gasteiger partial charge in [0, 0.05) is 21.1 Å². The third-order valence-electron chi connectivity index (χ3n) is 2.84. The van der Waals surface area contributed by atoms with E-state index in [0.29, 0.717) is 5.75 Å². The van der Waals surface area contributed by atoms with Gasteiger partial charge in [0.05, 0.1) is 0 Å². The molecule has 0 radical (unpaired) electrons. The molecule has 1 aromatic rings. The zero-order valence-electron chi connectivity index (χ0n) is 10.2. The van der Waals surface area contributed by atoms with E-state index in [9.17, 15) is 5.11 Å². The second-order valence-corrected chi connectivity index (χ2v) is 4.29. The van der Waals surface area contributed by atoms with Crippen LogP contribution in [-0.2, 0) is 27.5 Å². The van der Waals surface area contributed by atoms with Crippen molar-refractivity contribution in [2.75, 3.05) is 0 Å². The van der Waals surface area contributed by atoms with E-state index < -0.39 is 0 Å². The number of hydrogen-bond acceptors (Lipinski definition) is 1. The molecule has 0 bridgehead atoms. The molecule has 1 N–H and O–H groups in total. The van der Waals surface area contributed by atoms with Gasteiger partial charge in [0.2, 0.25) is 0 Å². The summed E-state index contributed by atoms with van der Waals surface area (Å²) in [5.74, 6) is 0.432. The molecule has 0 aliphatic heterocycles. The molecular weight excluding hydrogens is 391 g/mol. The van der Waals surface area contributed by atoms with Crippen LogP contribution in [0.1, 0.15) is 57.6 Å². The second kappa shape index (κ2) is 10.8. The van der Waals surface area contributed by atoms with Crippen molar-refractivity contribution in [2.24, 2.45) is 0 Å². The number of phenolic OH excluding ortho intramolecular Hbond substituents is 1. The molecule has 0 heterocycles. The fourth-order valence-corrected chi connectivity index (χ4v) is 1.74. The van der Waals surface area contributed by atoms with Crippen LogP contribution in [0.2, 0.25) is 0 Å². The van der Waals surface area contributed by atoms with E-state index in [1.807, 2.05) is 19.1 Å². The first-order valence-electron chi connectivity index (χ1n) is 6.02. The molecule has 0 unspecified atom stereocenters. The molecule has 0 saturated carbocycles. The number of unbranched alkanes of at least 4 members (excludes halogenated alkanes) is 4. The number of benzene rings is 1. The van der Waals surface area contributed by atoms with Crippen LogP contribution in [0.25, 0.3) is 0 Å². The first-order chi connectivity index (χ1) is 7.24. The molecule has 0 saturated heterocycles. The van der Waals surface area contributed by atoms with Gasteiger partial charge < -0.3 is 5.11 Å². The van der Waals surface area contributed by atoms with E-state index in [2.05, 4.69) is 13.0 Å². The molecule has 0 atom stereocenters. The molecule has 1 rings (SSSR count). The minimum atomic E-state index is 0. The van der Waals surface area contributed by atoms with E-state index >= 15 is 0 Å². The molecule has 1 aromatic carbocycles. The van der Waals surface area contributed by atoms with Gasteiger partial charge >= 0.3 is 0 Å². The van der Waals surface area contributed by atoms with E-state index in [1.54, 1.807) is 0 Å². The molecule has 0 aromatic heterocycles. The SMILES string of the molecule is C.CCCCCCCc1ccc(C)c(O)c1.[Pt]. The van der Waals surface area contributed by atoms with E-state index in [-0.39, 0.29) is 28.5 Å². The number of rotatable bonds is 6. The Bertz CT molecular complexity index is 297. The summed E-state index contributed by atoms with van der Waals surface area (Å²) in [6, 6.07) is 6.01. The topological polar surface area (TPSA) is 20.2 Å². The third-order valence-corrected chi connectivity index (χ3v) is 2.84. The fraction of sp³-hybridized carbons (Fsp3) is 0.600. The van der Waals surface area contributed by atoms with Crippen molar-refractivity contribution in [3.63, 3.8) is 0 Å². The third kappa shape index (κ3) is 7.60. The van der Waals surface area contributed by atoms with E-state index in [1.165, 1.54) is 37.7 Å². The molecule has 1 nitrogen and oxygen atoms in total. The first-order valence-corrected chi connectivity index (χ1v) is 6.02. The van der Waals surface area contributed by atoms with Gasteiger partial charge in [-0.25, -0.2) is 0 Å². The van der Waals surface area contributed by atoms with Crippen molar-refractivity contribution in [3.8, 4) is 5.75 Å². The van der Waals surface area contributed by atoms with Crippen LogP contribution in [0.3, 0.4) is 0 Å². The summed E-state index contributed by atoms with van der Waals surface area (Å²) in [4.78, 5) is 0. The molecule has 102 valence electrons. The van der Waals surface area contributed by atoms with Gasteiger partial charge in [-0.05, 0) is 37.0 Å². The van der Waals surface area contributed by atoms with Crippen LogP contribution in [0.15, 0.2) is 18.2 Å². The number of aryl methyl sites for hydroxylation is 2. The Hall–Kier alpha value is -0.292. The predicted octanol–water partition coefficient (Wildman–Crippen LogP) is 4.85. The Balaban J connectivity index is 0. The number of aromatic hydroxyl groups is 1. The largest absolute Gasteiger partial charge is 0.508 e. The maximum atomic E-state index is 9.54. The maximum absolute atomic E-state index is 9.54. The smallest absolute Gasteiger partial charge is 0.118 e. The minimum absolute atomic E-state index is 0. The zero-order chi connectivity index (χ0) is 11.1. The quantitative estimate of drug-likeness (QED) is 0.657. The zero-order valence-corrected chi connectivity index (χ0v) is 12.5. The monoisotopic (exact) mass is 417 g/mol. The number of hydrogen-bond donors (Lipinski definition) is 1. The molecule has 0 aliphatic rings. The van der Waals surface area contributed by atoms with Gasteiger partial charge in [-0.1, -0.05) is 52.2 Å². The van der Waals surface area contributed by atoms with E-state index in [4.69, 9.17) is 0 Å². The average Bonchev–Trinajstić information content (AvgIpc) is 2.23. The molecule has 2 heteroatoms. The standard InChI is InChI=1S/C14H22O.CH4.Pt/c1-3-4-5-6-7-8-13-10-9-12(2)14(15)11-13;;/h9-11,15H,3-8H2,1-2H3;1H4;. The van der Waals surface area contributed by atoms with Gasteiger partial charge in [-0.2, -0.15) is 0 Å². The van der Waals surface area contributed by atoms with E-state index in [0.717, 1.165) is 12.0 Å². The van der Waals surface area contributed by atoms with Crippen molar-refractivity contribution in [2.45, 2.75) is 59.8 Å². The Morgan fingerprint density at radius 3 is 2.29 bits per heavy atom. The van der Waals surface area contributed by atoms with Crippen LogP contribution in [-0.4, -0.2) is 5.11 Å². The van der Waals surface area contributed by atoms with Crippen LogP contribution in [0.5, 0.6) is 5.75 Å². The van der Waals surface area contributed by atoms with Gasteiger partial charge in [-0.3, -0.25) is 0 Å². The second-order valence-electron chi connectivity index (χ2n) is 4.29. The van der Waals surface area contributed by atoms with Crippen molar-refractivity contribution >= 4 is 0 Å². The Morgan fingerprint density at radius 1 is 1.06 bits per heavy atom. The Kier molecular flexibility index (Phi) is 12.1. The van der Waals surface area contributed by atoms with Crippen molar-refractivity contribution < 1.29 is 26.2 Å². The Labute approximate surface area is 121 Å². The van der Waals surface area contributed by atoms with Crippen molar-refractivity contribution in [3.05, 3.63) is 29.3 Å². The van der Waals surface area contributed by atoms with Crippen LogP contribution in [0.4, 0.5) is 0 Å². The van der Waals surface area contributed by atoms with Crippen LogP contribution in [0, 0.1) is 6.92 Å². The molecule has 0 spiro atoms. The van der Waals surface area contributed by atoms with Gasteiger partial charge in [0.15, 0.2) is 0 Å². The minimum Gasteiger partial charge on any atom is -0.508 e. The van der Waals surface area contributed by atoms with Gasteiger partial charge in [0.25, 0.3) is 0 Å². The summed E-state index contributed by atoms with van der Waals surface area (Å²) in [6.07, 6.45) is 7.63. The van der Waals surface area contributed by atoms with Crippen LogP contribution >= 0.6 is 0 Å². The molecule has 0 amide bonds. The molecule has 17 heavy (non-hydrogen) atoms. The summed E-state index contributed by atoms with van der Waals surface area (Å²) in [7, 11) is 0. The van der Waals surface area contributed by atoms with Crippen molar-refractivity contribution in [1.82, 2.24) is 0 Å². The van der Waals surface area contributed by atoms with Crippen LogP contribution < -0.4 is 0 Å². The van der Waals surface area contributed by atoms with Crippen molar-refractivity contribution in [1.29, 1.82) is 0 Å². The Morgan fingerprint density at radius 2 is 1.71 bits per heavy atom. The normalized spacial score (nSPS) is 9.29. The summed E-state index contributed by atoms with van der Waals surface area (Å²) in [5.41, 5.74) is 2.22.